The summed E-state index contributed by atoms with van der Waals surface area (Å²) in [6.07, 6.45) is 0. The summed E-state index contributed by atoms with van der Waals surface area (Å²) in [6.45, 7) is 2.97. The van der Waals surface area contributed by atoms with E-state index >= 15 is 0 Å². The van der Waals surface area contributed by atoms with Crippen molar-refractivity contribution in [3.8, 4) is 6.07 Å². The number of hydrogen-bond donors (Lipinski definition) is 1. The molecule has 1 aromatic carbocycles. The lowest BCUT2D eigenvalue weighted by Crippen LogP contribution is -2.39. The highest BCUT2D eigenvalue weighted by Gasteiger charge is 2.23. The van der Waals surface area contributed by atoms with Crippen molar-refractivity contribution >= 4 is 16.0 Å². The van der Waals surface area contributed by atoms with Crippen molar-refractivity contribution in [3.05, 3.63) is 29.3 Å². The Morgan fingerprint density at radius 2 is 2.11 bits per heavy atom. The molecule has 0 amide bonds. The van der Waals surface area contributed by atoms with E-state index in [9.17, 15) is 13.2 Å². The number of nitrogens with zero attached hydrogens (tertiary/aromatic N) is 1. The van der Waals surface area contributed by atoms with E-state index < -0.39 is 22.0 Å². The van der Waals surface area contributed by atoms with Gasteiger partial charge < -0.3 is 4.74 Å². The Kier molecular flexibility index (Phi) is 4.64. The molecule has 6 nitrogen and oxygen atoms in total. The van der Waals surface area contributed by atoms with Gasteiger partial charge in [-0.2, -0.15) is 9.98 Å². The summed E-state index contributed by atoms with van der Waals surface area (Å²) < 4.78 is 30.8. The number of benzene rings is 1. The van der Waals surface area contributed by atoms with Crippen LogP contribution in [0.3, 0.4) is 0 Å². The molecule has 1 unspecified atom stereocenters. The minimum atomic E-state index is -3.83. The molecule has 0 aromatic heterocycles. The number of aryl methyl sites for hydroxylation is 1. The molecule has 0 heterocycles. The number of esters is 1. The zero-order valence-electron chi connectivity index (χ0n) is 10.8. The van der Waals surface area contributed by atoms with E-state index in [4.69, 9.17) is 5.26 Å². The number of sulfonamides is 1. The van der Waals surface area contributed by atoms with Crippen molar-refractivity contribution in [1.29, 1.82) is 5.26 Å². The van der Waals surface area contributed by atoms with E-state index in [2.05, 4.69) is 9.46 Å². The predicted molar refractivity (Wildman–Crippen MR) is 67.7 cm³/mol. The van der Waals surface area contributed by atoms with Crippen LogP contribution in [0.4, 0.5) is 0 Å². The van der Waals surface area contributed by atoms with Gasteiger partial charge in [0, 0.05) is 0 Å². The summed E-state index contributed by atoms with van der Waals surface area (Å²) in [7, 11) is -2.65. The molecule has 7 heteroatoms. The largest absolute Gasteiger partial charge is 0.468 e. The van der Waals surface area contributed by atoms with Gasteiger partial charge in [0.1, 0.15) is 6.04 Å². The molecule has 19 heavy (non-hydrogen) atoms. The molecule has 0 saturated carbocycles. The number of hydrogen-bond acceptors (Lipinski definition) is 5. The second-order valence-corrected chi connectivity index (χ2v) is 5.64. The number of methoxy groups -OCH3 is 1. The van der Waals surface area contributed by atoms with Crippen LogP contribution >= 0.6 is 0 Å². The minimum absolute atomic E-state index is 0.0299. The average molecular weight is 282 g/mol. The third kappa shape index (κ3) is 3.53. The highest BCUT2D eigenvalue weighted by atomic mass is 32.2. The zero-order chi connectivity index (χ0) is 14.6. The van der Waals surface area contributed by atoms with Crippen LogP contribution in [0, 0.1) is 18.3 Å². The second kappa shape index (κ2) is 5.82. The van der Waals surface area contributed by atoms with E-state index in [1.807, 2.05) is 6.07 Å². The fourth-order valence-electron chi connectivity index (χ4n) is 1.54. The van der Waals surface area contributed by atoms with Gasteiger partial charge in [-0.25, -0.2) is 8.42 Å². The monoisotopic (exact) mass is 282 g/mol. The maximum absolute atomic E-state index is 12.1. The summed E-state index contributed by atoms with van der Waals surface area (Å²) in [6, 6.07) is 5.15. The van der Waals surface area contributed by atoms with E-state index in [1.54, 1.807) is 6.92 Å². The third-order valence-electron chi connectivity index (χ3n) is 2.48. The van der Waals surface area contributed by atoms with E-state index in [1.165, 1.54) is 32.2 Å². The molecule has 1 aromatic rings. The zero-order valence-corrected chi connectivity index (χ0v) is 11.6. The fraction of sp³-hybridized carbons (Fsp3) is 0.333. The van der Waals surface area contributed by atoms with Crippen molar-refractivity contribution in [1.82, 2.24) is 4.72 Å². The molecule has 0 radical (unpaired) electrons. The van der Waals surface area contributed by atoms with Crippen LogP contribution < -0.4 is 4.72 Å². The summed E-state index contributed by atoms with van der Waals surface area (Å²) in [5.74, 6) is -0.671. The Morgan fingerprint density at radius 3 is 2.58 bits per heavy atom. The van der Waals surface area contributed by atoms with Crippen molar-refractivity contribution in [2.45, 2.75) is 24.8 Å². The average Bonchev–Trinajstić information content (AvgIpc) is 2.36. The Hall–Kier alpha value is -1.91. The number of rotatable bonds is 4. The van der Waals surface area contributed by atoms with Gasteiger partial charge >= 0.3 is 5.97 Å². The highest BCUT2D eigenvalue weighted by Crippen LogP contribution is 2.16. The summed E-state index contributed by atoms with van der Waals surface area (Å²) in [4.78, 5) is 11.2. The Morgan fingerprint density at radius 1 is 1.47 bits per heavy atom. The van der Waals surface area contributed by atoms with Gasteiger partial charge in [-0.15, -0.1) is 0 Å². The molecular formula is C12H14N2O4S. The van der Waals surface area contributed by atoms with E-state index in [0.717, 1.165) is 0 Å². The van der Waals surface area contributed by atoms with Crippen molar-refractivity contribution in [2.75, 3.05) is 7.11 Å². The Labute approximate surface area is 112 Å². The summed E-state index contributed by atoms with van der Waals surface area (Å²) >= 11 is 0. The quantitative estimate of drug-likeness (QED) is 0.820. The number of nitrogens with one attached hydrogen (secondary N) is 1. The number of ether oxygens (including phenoxy) is 1. The van der Waals surface area contributed by atoms with Crippen LogP contribution in [-0.4, -0.2) is 27.5 Å². The molecule has 0 saturated heterocycles. The number of nitriles is 1. The normalized spacial score (nSPS) is 12.5. The van der Waals surface area contributed by atoms with Gasteiger partial charge in [-0.05, 0) is 37.6 Å². The van der Waals surface area contributed by atoms with Gasteiger partial charge in [0.2, 0.25) is 10.0 Å². The molecule has 0 aliphatic carbocycles. The van der Waals surface area contributed by atoms with Gasteiger partial charge in [-0.1, -0.05) is 0 Å². The molecule has 0 aliphatic heterocycles. The number of carbonyl (C=O) groups excluding carboxylic acids is 1. The van der Waals surface area contributed by atoms with Gasteiger partial charge in [0.25, 0.3) is 0 Å². The standard InChI is InChI=1S/C12H14N2O4S/c1-8-6-10(7-13)4-5-11(8)19(16,17)14-9(2)12(15)18-3/h4-6,9,14H,1-3H3. The smallest absolute Gasteiger partial charge is 0.323 e. The van der Waals surface area contributed by atoms with Crippen LogP contribution in [0.25, 0.3) is 0 Å². The van der Waals surface area contributed by atoms with Gasteiger partial charge in [-0.3, -0.25) is 4.79 Å². The molecule has 1 N–H and O–H groups in total. The molecule has 0 fully saturated rings. The lowest BCUT2D eigenvalue weighted by molar-refractivity contribution is -0.142. The lowest BCUT2D eigenvalue weighted by atomic mass is 10.2. The first-order valence-corrected chi connectivity index (χ1v) is 6.91. The Balaban J connectivity index is 3.08. The molecule has 0 bridgehead atoms. The maximum Gasteiger partial charge on any atom is 0.323 e. The molecule has 102 valence electrons. The van der Waals surface area contributed by atoms with Gasteiger partial charge in [0.15, 0.2) is 0 Å². The van der Waals surface area contributed by atoms with Crippen molar-refractivity contribution < 1.29 is 17.9 Å². The topological polar surface area (TPSA) is 96.3 Å². The van der Waals surface area contributed by atoms with E-state index in [-0.39, 0.29) is 4.90 Å². The number of carbonyl (C=O) groups is 1. The Bertz CT molecular complexity index is 632. The second-order valence-electron chi connectivity index (χ2n) is 3.96. The lowest BCUT2D eigenvalue weighted by Gasteiger charge is -2.13. The predicted octanol–water partition coefficient (Wildman–Crippen LogP) is 0.706. The summed E-state index contributed by atoms with van der Waals surface area (Å²) in [5.41, 5.74) is 0.807. The first-order valence-electron chi connectivity index (χ1n) is 5.42. The third-order valence-corrected chi connectivity index (χ3v) is 4.18. The highest BCUT2D eigenvalue weighted by molar-refractivity contribution is 7.89. The van der Waals surface area contributed by atoms with Crippen molar-refractivity contribution in [2.24, 2.45) is 0 Å². The summed E-state index contributed by atoms with van der Waals surface area (Å²) in [5, 5.41) is 8.73. The SMILES string of the molecule is COC(=O)C(C)NS(=O)(=O)c1ccc(C#N)cc1C. The molecular weight excluding hydrogens is 268 g/mol. The maximum atomic E-state index is 12.1. The van der Waals surface area contributed by atoms with Crippen LogP contribution in [0.1, 0.15) is 18.1 Å². The first kappa shape index (κ1) is 15.1. The van der Waals surface area contributed by atoms with Crippen molar-refractivity contribution in [3.63, 3.8) is 0 Å². The molecule has 0 aliphatic rings. The van der Waals surface area contributed by atoms with Crippen LogP contribution in [0.15, 0.2) is 23.1 Å². The van der Waals surface area contributed by atoms with Gasteiger partial charge in [0.05, 0.1) is 23.6 Å². The molecule has 1 atom stereocenters. The van der Waals surface area contributed by atoms with E-state index in [0.29, 0.717) is 11.1 Å². The fourth-order valence-corrected chi connectivity index (χ4v) is 2.96. The van der Waals surface area contributed by atoms with Crippen LogP contribution in [-0.2, 0) is 19.6 Å². The van der Waals surface area contributed by atoms with Crippen LogP contribution in [0.2, 0.25) is 0 Å². The molecule has 0 spiro atoms. The minimum Gasteiger partial charge on any atom is -0.468 e. The molecule has 1 rings (SSSR count). The van der Waals surface area contributed by atoms with Crippen LogP contribution in [0.5, 0.6) is 0 Å². The first-order chi connectivity index (χ1) is 8.81.